The molecule has 0 aliphatic carbocycles. The molecule has 120 valence electrons. The Hall–Kier alpha value is -2.52. The number of hydrogen-bond acceptors (Lipinski definition) is 5. The summed E-state index contributed by atoms with van der Waals surface area (Å²) in [5.41, 5.74) is 1.45. The van der Waals surface area contributed by atoms with E-state index < -0.39 is 9.84 Å². The molecule has 0 bridgehead atoms. The fourth-order valence-electron chi connectivity index (χ4n) is 1.97. The molecule has 0 saturated carbocycles. The van der Waals surface area contributed by atoms with Crippen LogP contribution >= 0.6 is 0 Å². The van der Waals surface area contributed by atoms with Crippen molar-refractivity contribution in [2.75, 3.05) is 23.9 Å². The van der Waals surface area contributed by atoms with Crippen LogP contribution in [0.2, 0.25) is 0 Å². The lowest BCUT2D eigenvalue weighted by atomic mass is 10.2. The number of rotatable bonds is 7. The fraction of sp³-hybridized carbons (Fsp3) is 0.235. The largest absolute Gasteiger partial charge is 0.457 e. The molecule has 0 amide bonds. The predicted molar refractivity (Wildman–Crippen MR) is 90.5 cm³/mol. The first-order valence-electron chi connectivity index (χ1n) is 7.16. The summed E-state index contributed by atoms with van der Waals surface area (Å²) in [6.07, 6.45) is 1.79. The van der Waals surface area contributed by atoms with Crippen molar-refractivity contribution in [3.05, 3.63) is 54.1 Å². The number of benzene rings is 2. The van der Waals surface area contributed by atoms with Crippen LogP contribution in [0.15, 0.2) is 48.5 Å². The highest BCUT2D eigenvalue weighted by atomic mass is 32.2. The van der Waals surface area contributed by atoms with Crippen LogP contribution in [-0.2, 0) is 9.84 Å². The van der Waals surface area contributed by atoms with Crippen LogP contribution in [0.3, 0.4) is 0 Å². The molecule has 0 atom stereocenters. The molecule has 5 nitrogen and oxygen atoms in total. The summed E-state index contributed by atoms with van der Waals surface area (Å²) in [5, 5.41) is 11.9. The first kappa shape index (κ1) is 16.8. The first-order valence-corrected chi connectivity index (χ1v) is 9.22. The summed E-state index contributed by atoms with van der Waals surface area (Å²) in [4.78, 5) is 0. The Labute approximate surface area is 136 Å². The molecule has 0 saturated heterocycles. The van der Waals surface area contributed by atoms with Gasteiger partial charge in [0.1, 0.15) is 21.3 Å². The van der Waals surface area contributed by atoms with E-state index in [-0.39, 0.29) is 5.75 Å². The van der Waals surface area contributed by atoms with Gasteiger partial charge in [-0.2, -0.15) is 5.26 Å². The highest BCUT2D eigenvalue weighted by Gasteiger charge is 2.02. The molecule has 2 aromatic carbocycles. The molecule has 0 unspecified atom stereocenters. The van der Waals surface area contributed by atoms with Gasteiger partial charge in [-0.1, -0.05) is 6.07 Å². The first-order chi connectivity index (χ1) is 11.0. The Bertz CT molecular complexity index is 793. The molecule has 1 N–H and O–H groups in total. The highest BCUT2D eigenvalue weighted by molar-refractivity contribution is 7.90. The number of nitrogens with one attached hydrogen (secondary N) is 1. The van der Waals surface area contributed by atoms with E-state index >= 15 is 0 Å². The molecule has 0 aliphatic heterocycles. The molecule has 0 aliphatic rings. The van der Waals surface area contributed by atoms with Gasteiger partial charge in [-0.3, -0.25) is 0 Å². The quantitative estimate of drug-likeness (QED) is 0.789. The van der Waals surface area contributed by atoms with Gasteiger partial charge >= 0.3 is 0 Å². The molecule has 0 aromatic heterocycles. The molecule has 0 heterocycles. The van der Waals surface area contributed by atoms with Crippen molar-refractivity contribution >= 4 is 15.5 Å². The van der Waals surface area contributed by atoms with Gasteiger partial charge in [0.05, 0.1) is 17.4 Å². The van der Waals surface area contributed by atoms with E-state index in [1.807, 2.05) is 24.3 Å². The second-order valence-electron chi connectivity index (χ2n) is 5.18. The van der Waals surface area contributed by atoms with Gasteiger partial charge in [0, 0.05) is 24.6 Å². The van der Waals surface area contributed by atoms with E-state index in [0.29, 0.717) is 30.0 Å². The van der Waals surface area contributed by atoms with E-state index in [1.54, 1.807) is 24.3 Å². The molecular weight excluding hydrogens is 312 g/mol. The zero-order valence-electron chi connectivity index (χ0n) is 12.8. The summed E-state index contributed by atoms with van der Waals surface area (Å²) >= 11 is 0. The maximum Gasteiger partial charge on any atom is 0.147 e. The second-order valence-corrected chi connectivity index (χ2v) is 7.44. The Balaban J connectivity index is 1.92. The SMILES string of the molecule is CS(=O)(=O)CCCNc1cccc(Oc2ccc(C#N)cc2)c1. The van der Waals surface area contributed by atoms with Crippen LogP contribution in [0.25, 0.3) is 0 Å². The van der Waals surface area contributed by atoms with Crippen molar-refractivity contribution in [2.45, 2.75) is 6.42 Å². The minimum absolute atomic E-state index is 0.168. The number of nitrogens with zero attached hydrogens (tertiary/aromatic N) is 1. The Kier molecular flexibility index (Phi) is 5.61. The topological polar surface area (TPSA) is 79.2 Å². The molecule has 0 fully saturated rings. The van der Waals surface area contributed by atoms with Crippen molar-refractivity contribution in [1.82, 2.24) is 0 Å². The second kappa shape index (κ2) is 7.65. The number of sulfone groups is 1. The van der Waals surface area contributed by atoms with Gasteiger partial charge in [-0.15, -0.1) is 0 Å². The van der Waals surface area contributed by atoms with E-state index in [0.717, 1.165) is 5.69 Å². The minimum Gasteiger partial charge on any atom is -0.457 e. The average molecular weight is 330 g/mol. The van der Waals surface area contributed by atoms with Crippen LogP contribution in [0, 0.1) is 11.3 Å². The normalized spacial score (nSPS) is 10.8. The third kappa shape index (κ3) is 6.01. The van der Waals surface area contributed by atoms with Crippen molar-refractivity contribution in [1.29, 1.82) is 5.26 Å². The molecule has 6 heteroatoms. The van der Waals surface area contributed by atoms with E-state index in [2.05, 4.69) is 11.4 Å². The minimum atomic E-state index is -2.92. The van der Waals surface area contributed by atoms with Crippen LogP contribution in [0.4, 0.5) is 5.69 Å². The van der Waals surface area contributed by atoms with Crippen molar-refractivity contribution in [3.63, 3.8) is 0 Å². The van der Waals surface area contributed by atoms with E-state index in [9.17, 15) is 8.42 Å². The summed E-state index contributed by atoms with van der Waals surface area (Å²) < 4.78 is 27.9. The highest BCUT2D eigenvalue weighted by Crippen LogP contribution is 2.24. The molecule has 2 aromatic rings. The van der Waals surface area contributed by atoms with Crippen molar-refractivity contribution < 1.29 is 13.2 Å². The van der Waals surface area contributed by atoms with Crippen molar-refractivity contribution in [2.24, 2.45) is 0 Å². The van der Waals surface area contributed by atoms with Gasteiger partial charge in [0.2, 0.25) is 0 Å². The number of anilines is 1. The van der Waals surface area contributed by atoms with Gasteiger partial charge in [-0.25, -0.2) is 8.42 Å². The number of nitriles is 1. The van der Waals surface area contributed by atoms with Gasteiger partial charge in [-0.05, 0) is 42.8 Å². The summed E-state index contributed by atoms with van der Waals surface area (Å²) in [6, 6.07) is 16.4. The third-order valence-electron chi connectivity index (χ3n) is 3.07. The maximum atomic E-state index is 11.1. The summed E-state index contributed by atoms with van der Waals surface area (Å²) in [6.45, 7) is 0.577. The Morgan fingerprint density at radius 2 is 1.87 bits per heavy atom. The molecule has 0 spiro atoms. The maximum absolute atomic E-state index is 11.1. The van der Waals surface area contributed by atoms with Crippen molar-refractivity contribution in [3.8, 4) is 17.6 Å². The molecular formula is C17H18N2O3S. The van der Waals surface area contributed by atoms with Crippen LogP contribution < -0.4 is 10.1 Å². The summed E-state index contributed by atoms with van der Waals surface area (Å²) in [5.74, 6) is 1.49. The fourth-order valence-corrected chi connectivity index (χ4v) is 2.64. The van der Waals surface area contributed by atoms with Gasteiger partial charge < -0.3 is 10.1 Å². The van der Waals surface area contributed by atoms with E-state index in [1.165, 1.54) is 6.26 Å². The standard InChI is InChI=1S/C17H18N2O3S/c1-23(20,21)11-3-10-19-15-4-2-5-17(12-15)22-16-8-6-14(13-18)7-9-16/h2,4-9,12,19H,3,10-11H2,1H3. The average Bonchev–Trinajstić information content (AvgIpc) is 2.52. The van der Waals surface area contributed by atoms with Crippen LogP contribution in [0.5, 0.6) is 11.5 Å². The lowest BCUT2D eigenvalue weighted by Crippen LogP contribution is -2.09. The Morgan fingerprint density at radius 1 is 1.13 bits per heavy atom. The lowest BCUT2D eigenvalue weighted by Gasteiger charge is -2.09. The van der Waals surface area contributed by atoms with Gasteiger partial charge in [0.25, 0.3) is 0 Å². The summed E-state index contributed by atoms with van der Waals surface area (Å²) in [7, 11) is -2.92. The number of ether oxygens (including phenoxy) is 1. The van der Waals surface area contributed by atoms with Crippen LogP contribution in [-0.4, -0.2) is 27.0 Å². The smallest absolute Gasteiger partial charge is 0.147 e. The molecule has 2 rings (SSSR count). The Morgan fingerprint density at radius 3 is 2.52 bits per heavy atom. The number of hydrogen-bond donors (Lipinski definition) is 1. The lowest BCUT2D eigenvalue weighted by molar-refractivity contribution is 0.483. The van der Waals surface area contributed by atoms with Gasteiger partial charge in [0.15, 0.2) is 0 Å². The molecule has 0 radical (unpaired) electrons. The third-order valence-corrected chi connectivity index (χ3v) is 4.10. The van der Waals surface area contributed by atoms with E-state index in [4.69, 9.17) is 10.00 Å². The monoisotopic (exact) mass is 330 g/mol. The zero-order valence-corrected chi connectivity index (χ0v) is 13.6. The van der Waals surface area contributed by atoms with Crippen LogP contribution in [0.1, 0.15) is 12.0 Å². The predicted octanol–water partition coefficient (Wildman–Crippen LogP) is 3.20. The zero-order chi connectivity index (χ0) is 16.7. The molecule has 23 heavy (non-hydrogen) atoms.